The molecule has 0 saturated heterocycles. The lowest BCUT2D eigenvalue weighted by molar-refractivity contribution is -0.117. The molecule has 28 heavy (non-hydrogen) atoms. The van der Waals surface area contributed by atoms with Crippen molar-refractivity contribution in [2.45, 2.75) is 51.5 Å². The van der Waals surface area contributed by atoms with Gasteiger partial charge in [0.2, 0.25) is 5.91 Å². The van der Waals surface area contributed by atoms with E-state index in [0.717, 1.165) is 30.4 Å². The molecule has 0 unspecified atom stereocenters. The van der Waals surface area contributed by atoms with Crippen molar-refractivity contribution >= 4 is 17.8 Å². The first kappa shape index (κ1) is 21.7. The Balaban J connectivity index is 1.65. The first-order valence-electron chi connectivity index (χ1n) is 10.2. The standard InChI is InChI=1S/C21H33N5O2/c1-23-21(24-13-5-4-8-16-6-2-3-7-16)26-14-17-9-11-18(12-10-17)20(28)25-15-19(22)27/h9-12,16H,2-8,13-15H2,1H3,(H2,22,27)(H,25,28)(H2,23,24,26). The number of primary amides is 1. The fraction of sp³-hybridized carbons (Fsp3) is 0.571. The molecule has 1 aliphatic rings. The largest absolute Gasteiger partial charge is 0.368 e. The molecule has 7 heteroatoms. The molecule has 1 saturated carbocycles. The fourth-order valence-corrected chi connectivity index (χ4v) is 3.51. The monoisotopic (exact) mass is 387 g/mol. The molecule has 1 aromatic carbocycles. The molecule has 154 valence electrons. The van der Waals surface area contributed by atoms with Crippen molar-refractivity contribution in [2.75, 3.05) is 20.1 Å². The maximum Gasteiger partial charge on any atom is 0.251 e. The van der Waals surface area contributed by atoms with Gasteiger partial charge in [0.1, 0.15) is 0 Å². The summed E-state index contributed by atoms with van der Waals surface area (Å²) < 4.78 is 0. The average molecular weight is 388 g/mol. The first-order valence-corrected chi connectivity index (χ1v) is 10.2. The normalized spacial score (nSPS) is 14.7. The smallest absolute Gasteiger partial charge is 0.251 e. The second-order valence-electron chi connectivity index (χ2n) is 7.34. The van der Waals surface area contributed by atoms with Gasteiger partial charge in [-0.25, -0.2) is 0 Å². The number of nitrogens with one attached hydrogen (secondary N) is 3. The van der Waals surface area contributed by atoms with Crippen LogP contribution in [0.2, 0.25) is 0 Å². The Morgan fingerprint density at radius 1 is 1.07 bits per heavy atom. The van der Waals surface area contributed by atoms with Crippen LogP contribution in [0.1, 0.15) is 60.9 Å². The maximum absolute atomic E-state index is 11.9. The van der Waals surface area contributed by atoms with E-state index in [9.17, 15) is 9.59 Å². The Labute approximate surface area is 167 Å². The van der Waals surface area contributed by atoms with E-state index in [-0.39, 0.29) is 12.5 Å². The Kier molecular flexibility index (Phi) is 9.31. The number of unbranched alkanes of at least 4 members (excludes halogenated alkanes) is 1. The summed E-state index contributed by atoms with van der Waals surface area (Å²) in [6, 6.07) is 7.21. The number of aliphatic imine (C=N–C) groups is 1. The van der Waals surface area contributed by atoms with Gasteiger partial charge >= 0.3 is 0 Å². The number of benzene rings is 1. The van der Waals surface area contributed by atoms with E-state index in [0.29, 0.717) is 12.1 Å². The van der Waals surface area contributed by atoms with Gasteiger partial charge in [-0.05, 0) is 30.0 Å². The number of nitrogens with zero attached hydrogens (tertiary/aromatic N) is 1. The highest BCUT2D eigenvalue weighted by molar-refractivity contribution is 5.96. The predicted molar refractivity (Wildman–Crippen MR) is 112 cm³/mol. The van der Waals surface area contributed by atoms with E-state index in [2.05, 4.69) is 20.9 Å². The highest BCUT2D eigenvalue weighted by Crippen LogP contribution is 2.28. The van der Waals surface area contributed by atoms with Gasteiger partial charge in [0.05, 0.1) is 6.54 Å². The third-order valence-corrected chi connectivity index (χ3v) is 5.13. The van der Waals surface area contributed by atoms with Gasteiger partial charge in [-0.15, -0.1) is 0 Å². The van der Waals surface area contributed by atoms with Crippen molar-refractivity contribution in [1.29, 1.82) is 0 Å². The number of rotatable bonds is 10. The van der Waals surface area contributed by atoms with E-state index >= 15 is 0 Å². The fourth-order valence-electron chi connectivity index (χ4n) is 3.51. The molecule has 1 aromatic rings. The summed E-state index contributed by atoms with van der Waals surface area (Å²) in [7, 11) is 1.76. The molecule has 0 aliphatic heterocycles. The van der Waals surface area contributed by atoms with Gasteiger partial charge in [-0.2, -0.15) is 0 Å². The molecule has 0 atom stereocenters. The molecule has 0 bridgehead atoms. The van der Waals surface area contributed by atoms with Crippen molar-refractivity contribution in [1.82, 2.24) is 16.0 Å². The molecule has 1 aliphatic carbocycles. The van der Waals surface area contributed by atoms with Crippen LogP contribution in [0.15, 0.2) is 29.3 Å². The van der Waals surface area contributed by atoms with Crippen LogP contribution >= 0.6 is 0 Å². The zero-order valence-corrected chi connectivity index (χ0v) is 16.8. The van der Waals surface area contributed by atoms with Gasteiger partial charge < -0.3 is 21.7 Å². The topological polar surface area (TPSA) is 109 Å². The Morgan fingerprint density at radius 2 is 1.79 bits per heavy atom. The second kappa shape index (κ2) is 12.0. The van der Waals surface area contributed by atoms with Crippen LogP contribution in [0.3, 0.4) is 0 Å². The molecular formula is C21H33N5O2. The van der Waals surface area contributed by atoms with Gasteiger partial charge in [0, 0.05) is 25.7 Å². The third-order valence-electron chi connectivity index (χ3n) is 5.13. The molecule has 1 fully saturated rings. The van der Waals surface area contributed by atoms with Crippen LogP contribution in [0.5, 0.6) is 0 Å². The quantitative estimate of drug-likeness (QED) is 0.279. The average Bonchev–Trinajstić information content (AvgIpc) is 3.22. The van der Waals surface area contributed by atoms with Crippen molar-refractivity contribution in [3.8, 4) is 0 Å². The van der Waals surface area contributed by atoms with E-state index in [1.807, 2.05) is 12.1 Å². The third kappa shape index (κ3) is 7.98. The minimum Gasteiger partial charge on any atom is -0.368 e. The SMILES string of the molecule is CN=C(NCCCCC1CCCC1)NCc1ccc(C(=O)NCC(N)=O)cc1. The lowest BCUT2D eigenvalue weighted by Gasteiger charge is -2.13. The summed E-state index contributed by atoms with van der Waals surface area (Å²) in [5, 5.41) is 9.11. The summed E-state index contributed by atoms with van der Waals surface area (Å²) >= 11 is 0. The Bertz CT molecular complexity index is 651. The molecule has 0 aromatic heterocycles. The number of nitrogens with two attached hydrogens (primary N) is 1. The molecular weight excluding hydrogens is 354 g/mol. The van der Waals surface area contributed by atoms with E-state index in [1.54, 1.807) is 19.2 Å². The number of carbonyl (C=O) groups is 2. The molecule has 5 N–H and O–H groups in total. The zero-order valence-electron chi connectivity index (χ0n) is 16.8. The highest BCUT2D eigenvalue weighted by Gasteiger charge is 2.13. The van der Waals surface area contributed by atoms with Crippen molar-refractivity contribution in [3.63, 3.8) is 0 Å². The van der Waals surface area contributed by atoms with Crippen LogP contribution in [0.25, 0.3) is 0 Å². The van der Waals surface area contributed by atoms with Crippen LogP contribution in [0.4, 0.5) is 0 Å². The molecule has 2 amide bonds. The number of amides is 2. The van der Waals surface area contributed by atoms with E-state index in [1.165, 1.54) is 38.5 Å². The highest BCUT2D eigenvalue weighted by atomic mass is 16.2. The molecule has 2 rings (SSSR count). The first-order chi connectivity index (χ1) is 13.6. The van der Waals surface area contributed by atoms with Crippen LogP contribution in [0, 0.1) is 5.92 Å². The van der Waals surface area contributed by atoms with Crippen LogP contribution in [-0.2, 0) is 11.3 Å². The number of hydrogen-bond acceptors (Lipinski definition) is 3. The van der Waals surface area contributed by atoms with Gasteiger partial charge in [-0.1, -0.05) is 50.7 Å². The van der Waals surface area contributed by atoms with Gasteiger partial charge in [0.25, 0.3) is 5.91 Å². The second-order valence-corrected chi connectivity index (χ2v) is 7.34. The molecule has 7 nitrogen and oxygen atoms in total. The predicted octanol–water partition coefficient (Wildman–Crippen LogP) is 1.93. The van der Waals surface area contributed by atoms with Crippen LogP contribution in [-0.4, -0.2) is 37.9 Å². The Hall–Kier alpha value is -2.57. The van der Waals surface area contributed by atoms with Gasteiger partial charge in [-0.3, -0.25) is 14.6 Å². The summed E-state index contributed by atoms with van der Waals surface area (Å²) in [5.41, 5.74) is 6.56. The maximum atomic E-state index is 11.9. The minimum atomic E-state index is -0.563. The molecule has 0 spiro atoms. The summed E-state index contributed by atoms with van der Waals surface area (Å²) in [5.74, 6) is 0.863. The number of guanidine groups is 1. The van der Waals surface area contributed by atoms with Crippen molar-refractivity contribution < 1.29 is 9.59 Å². The summed E-state index contributed by atoms with van der Waals surface area (Å²) in [6.07, 6.45) is 9.45. The molecule has 0 heterocycles. The number of hydrogen-bond donors (Lipinski definition) is 4. The van der Waals surface area contributed by atoms with Crippen molar-refractivity contribution in [2.24, 2.45) is 16.6 Å². The van der Waals surface area contributed by atoms with Crippen LogP contribution < -0.4 is 21.7 Å². The Morgan fingerprint density at radius 3 is 2.43 bits per heavy atom. The van der Waals surface area contributed by atoms with Gasteiger partial charge in [0.15, 0.2) is 5.96 Å². The zero-order chi connectivity index (χ0) is 20.2. The van der Waals surface area contributed by atoms with E-state index < -0.39 is 5.91 Å². The summed E-state index contributed by atoms with van der Waals surface area (Å²) in [6.45, 7) is 1.38. The number of carbonyl (C=O) groups excluding carboxylic acids is 2. The van der Waals surface area contributed by atoms with E-state index in [4.69, 9.17) is 5.73 Å². The van der Waals surface area contributed by atoms with Crippen molar-refractivity contribution in [3.05, 3.63) is 35.4 Å². The lowest BCUT2D eigenvalue weighted by Crippen LogP contribution is -2.37. The lowest BCUT2D eigenvalue weighted by atomic mass is 10.0. The molecule has 0 radical (unpaired) electrons. The summed E-state index contributed by atoms with van der Waals surface area (Å²) in [4.78, 5) is 26.8. The minimum absolute atomic E-state index is 0.162.